The number of rotatable bonds is 6. The van der Waals surface area contributed by atoms with Gasteiger partial charge >= 0.3 is 0 Å². The molecule has 0 aromatic heterocycles. The number of nitrogens with zero attached hydrogens (tertiary/aromatic N) is 1. The van der Waals surface area contributed by atoms with Crippen molar-refractivity contribution in [2.75, 3.05) is 25.5 Å². The number of amides is 1. The maximum absolute atomic E-state index is 13.4. The molecule has 0 saturated carbocycles. The standard InChI is InChI=1S/C22H26Cl2N2O4S/c1-14(2)15-9-10-19(30-3)20(12-15)31(28,29)26-11-5-6-16(13-26)22(27)25-18-8-4-7-17(23)21(18)24/h4,7-10,12,14,16H,5-6,11,13H2,1-3H3,(H,25,27)/t16-/m0/s1. The van der Waals surface area contributed by atoms with Gasteiger partial charge in [-0.1, -0.05) is 49.2 Å². The molecule has 2 aromatic rings. The molecular weight excluding hydrogens is 459 g/mol. The normalized spacial score (nSPS) is 17.5. The summed E-state index contributed by atoms with van der Waals surface area (Å²) < 4.78 is 33.6. The molecule has 1 saturated heterocycles. The van der Waals surface area contributed by atoms with E-state index in [1.165, 1.54) is 11.4 Å². The average molecular weight is 485 g/mol. The Kier molecular flexibility index (Phi) is 7.52. The number of benzene rings is 2. The third-order valence-electron chi connectivity index (χ3n) is 5.44. The lowest BCUT2D eigenvalue weighted by atomic mass is 9.98. The van der Waals surface area contributed by atoms with E-state index in [1.54, 1.807) is 30.3 Å². The molecule has 0 aliphatic carbocycles. The predicted octanol–water partition coefficient (Wildman–Crippen LogP) is 5.16. The van der Waals surface area contributed by atoms with Gasteiger partial charge in [-0.25, -0.2) is 8.42 Å². The summed E-state index contributed by atoms with van der Waals surface area (Å²) in [4.78, 5) is 13.0. The van der Waals surface area contributed by atoms with E-state index in [9.17, 15) is 13.2 Å². The van der Waals surface area contributed by atoms with Crippen LogP contribution >= 0.6 is 23.2 Å². The first-order valence-corrected chi connectivity index (χ1v) is 12.3. The average Bonchev–Trinajstić information content (AvgIpc) is 2.76. The van der Waals surface area contributed by atoms with Crippen LogP contribution in [0.2, 0.25) is 10.0 Å². The number of piperidine rings is 1. The van der Waals surface area contributed by atoms with Gasteiger partial charge in [-0.15, -0.1) is 0 Å². The van der Waals surface area contributed by atoms with Crippen molar-refractivity contribution in [3.8, 4) is 5.75 Å². The SMILES string of the molecule is COc1ccc(C(C)C)cc1S(=O)(=O)N1CCC[C@H](C(=O)Nc2cccc(Cl)c2Cl)C1. The minimum atomic E-state index is -3.83. The van der Waals surface area contributed by atoms with Crippen LogP contribution in [0.15, 0.2) is 41.3 Å². The molecule has 0 bridgehead atoms. The number of ether oxygens (including phenoxy) is 1. The summed E-state index contributed by atoms with van der Waals surface area (Å²) in [6, 6.07) is 10.2. The fourth-order valence-corrected chi connectivity index (χ4v) is 5.67. The van der Waals surface area contributed by atoms with Crippen molar-refractivity contribution in [2.45, 2.75) is 37.5 Å². The van der Waals surface area contributed by atoms with E-state index in [0.717, 1.165) is 5.56 Å². The van der Waals surface area contributed by atoms with Crippen LogP contribution in [0.3, 0.4) is 0 Å². The fraction of sp³-hybridized carbons (Fsp3) is 0.409. The van der Waals surface area contributed by atoms with Crippen molar-refractivity contribution in [3.63, 3.8) is 0 Å². The van der Waals surface area contributed by atoms with Crippen molar-refractivity contribution in [2.24, 2.45) is 5.92 Å². The minimum absolute atomic E-state index is 0.0847. The molecule has 0 radical (unpaired) electrons. The van der Waals surface area contributed by atoms with Crippen LogP contribution in [0, 0.1) is 5.92 Å². The molecule has 1 amide bonds. The minimum Gasteiger partial charge on any atom is -0.495 e. The second kappa shape index (κ2) is 9.77. The zero-order valence-corrected chi connectivity index (χ0v) is 20.0. The highest BCUT2D eigenvalue weighted by Gasteiger charge is 2.35. The molecule has 1 fully saturated rings. The molecule has 1 atom stereocenters. The number of carbonyl (C=O) groups excluding carboxylic acids is 1. The highest BCUT2D eigenvalue weighted by Crippen LogP contribution is 2.34. The molecule has 2 aromatic carbocycles. The Balaban J connectivity index is 1.83. The smallest absolute Gasteiger partial charge is 0.246 e. The number of anilines is 1. The summed E-state index contributed by atoms with van der Waals surface area (Å²) in [5, 5.41) is 3.37. The Morgan fingerprint density at radius 1 is 1.23 bits per heavy atom. The van der Waals surface area contributed by atoms with Crippen LogP contribution in [0.25, 0.3) is 0 Å². The van der Waals surface area contributed by atoms with Crippen molar-refractivity contribution < 1.29 is 17.9 Å². The third-order valence-corrected chi connectivity index (χ3v) is 8.14. The number of methoxy groups -OCH3 is 1. The first kappa shape index (κ1) is 23.9. The van der Waals surface area contributed by atoms with E-state index in [1.807, 2.05) is 19.9 Å². The molecule has 1 aliphatic heterocycles. The van der Waals surface area contributed by atoms with Crippen LogP contribution in [0.5, 0.6) is 5.75 Å². The van der Waals surface area contributed by atoms with Gasteiger partial charge < -0.3 is 10.1 Å². The van der Waals surface area contributed by atoms with Crippen LogP contribution in [0.4, 0.5) is 5.69 Å². The molecule has 31 heavy (non-hydrogen) atoms. The Morgan fingerprint density at radius 3 is 2.65 bits per heavy atom. The first-order chi connectivity index (χ1) is 14.6. The number of nitrogens with one attached hydrogen (secondary N) is 1. The van der Waals surface area contributed by atoms with Gasteiger partial charge in [0.15, 0.2) is 0 Å². The van der Waals surface area contributed by atoms with Gasteiger partial charge in [0.05, 0.1) is 28.8 Å². The molecule has 168 valence electrons. The molecule has 1 aliphatic rings. The number of halogens is 2. The van der Waals surface area contributed by atoms with Gasteiger partial charge in [-0.3, -0.25) is 4.79 Å². The van der Waals surface area contributed by atoms with Crippen molar-refractivity contribution in [1.82, 2.24) is 4.31 Å². The van der Waals surface area contributed by atoms with Gasteiger partial charge in [-0.2, -0.15) is 4.31 Å². The molecule has 3 rings (SSSR count). The number of hydrogen-bond acceptors (Lipinski definition) is 4. The van der Waals surface area contributed by atoms with E-state index in [-0.39, 0.29) is 28.3 Å². The van der Waals surface area contributed by atoms with Gasteiger partial charge in [0.25, 0.3) is 0 Å². The zero-order valence-electron chi connectivity index (χ0n) is 17.7. The molecule has 9 heteroatoms. The maximum Gasteiger partial charge on any atom is 0.246 e. The summed E-state index contributed by atoms with van der Waals surface area (Å²) in [6.07, 6.45) is 1.16. The largest absolute Gasteiger partial charge is 0.495 e. The Bertz CT molecular complexity index is 1070. The molecule has 0 spiro atoms. The van der Waals surface area contributed by atoms with Crippen LogP contribution < -0.4 is 10.1 Å². The molecule has 0 unspecified atom stereocenters. The van der Waals surface area contributed by atoms with Gasteiger partial charge in [0.2, 0.25) is 15.9 Å². The molecule has 1 heterocycles. The van der Waals surface area contributed by atoms with E-state index < -0.39 is 15.9 Å². The topological polar surface area (TPSA) is 75.7 Å². The first-order valence-electron chi connectivity index (χ1n) is 10.1. The molecule has 6 nitrogen and oxygen atoms in total. The number of hydrogen-bond donors (Lipinski definition) is 1. The van der Waals surface area contributed by atoms with Gasteiger partial charge in [0, 0.05) is 13.1 Å². The summed E-state index contributed by atoms with van der Waals surface area (Å²) in [7, 11) is -2.38. The second-order valence-corrected chi connectivity index (χ2v) is 10.5. The monoisotopic (exact) mass is 484 g/mol. The lowest BCUT2D eigenvalue weighted by molar-refractivity contribution is -0.120. The third kappa shape index (κ3) is 5.17. The van der Waals surface area contributed by atoms with E-state index in [4.69, 9.17) is 27.9 Å². The van der Waals surface area contributed by atoms with E-state index in [2.05, 4.69) is 5.32 Å². The summed E-state index contributed by atoms with van der Waals surface area (Å²) in [5.74, 6) is -0.325. The molecular formula is C22H26Cl2N2O4S. The quantitative estimate of drug-likeness (QED) is 0.613. The number of sulfonamides is 1. The van der Waals surface area contributed by atoms with Crippen molar-refractivity contribution in [1.29, 1.82) is 0 Å². The second-order valence-electron chi connectivity index (χ2n) is 7.86. The highest BCUT2D eigenvalue weighted by molar-refractivity contribution is 7.89. The van der Waals surface area contributed by atoms with Crippen molar-refractivity contribution in [3.05, 3.63) is 52.0 Å². The Labute approximate surface area is 193 Å². The predicted molar refractivity (Wildman–Crippen MR) is 124 cm³/mol. The van der Waals surface area contributed by atoms with Crippen LogP contribution in [-0.2, 0) is 14.8 Å². The summed E-state index contributed by atoms with van der Waals surface area (Å²) in [6.45, 7) is 4.43. The van der Waals surface area contributed by atoms with Gasteiger partial charge in [-0.05, 0) is 48.6 Å². The maximum atomic E-state index is 13.4. The van der Waals surface area contributed by atoms with Crippen LogP contribution in [-0.4, -0.2) is 38.8 Å². The lowest BCUT2D eigenvalue weighted by Crippen LogP contribution is -2.43. The van der Waals surface area contributed by atoms with Gasteiger partial charge in [0.1, 0.15) is 10.6 Å². The number of carbonyl (C=O) groups is 1. The van der Waals surface area contributed by atoms with E-state index >= 15 is 0 Å². The zero-order chi connectivity index (χ0) is 22.8. The Hall–Kier alpha value is -1.80. The van der Waals surface area contributed by atoms with Crippen molar-refractivity contribution >= 4 is 44.8 Å². The summed E-state index contributed by atoms with van der Waals surface area (Å²) >= 11 is 12.2. The fourth-order valence-electron chi connectivity index (χ4n) is 3.60. The van der Waals surface area contributed by atoms with Crippen LogP contribution in [0.1, 0.15) is 38.2 Å². The molecule has 1 N–H and O–H groups in total. The van der Waals surface area contributed by atoms with E-state index in [0.29, 0.717) is 35.8 Å². The Morgan fingerprint density at radius 2 is 1.97 bits per heavy atom. The highest BCUT2D eigenvalue weighted by atomic mass is 35.5. The summed E-state index contributed by atoms with van der Waals surface area (Å²) in [5.41, 5.74) is 1.31. The lowest BCUT2D eigenvalue weighted by Gasteiger charge is -2.31.